The minimum Gasteiger partial charge on any atom is -0.326 e. The molecule has 0 bridgehead atoms. The molecule has 2 amide bonds. The molecule has 112 valence electrons. The van der Waals surface area contributed by atoms with Gasteiger partial charge in [0.25, 0.3) is 0 Å². The number of carbonyl (C=O) groups excluding carboxylic acids is 2. The van der Waals surface area contributed by atoms with Gasteiger partial charge in [-0.05, 0) is 29.4 Å². The fraction of sp³-hybridized carbons (Fsp3) is 0.529. The van der Waals surface area contributed by atoms with Crippen molar-refractivity contribution in [2.45, 2.75) is 51.6 Å². The van der Waals surface area contributed by atoms with Crippen molar-refractivity contribution >= 4 is 11.8 Å². The van der Waals surface area contributed by atoms with Gasteiger partial charge in [0.1, 0.15) is 0 Å². The zero-order chi connectivity index (χ0) is 14.9. The maximum absolute atomic E-state index is 12.4. The Morgan fingerprint density at radius 1 is 1.00 bits per heavy atom. The minimum absolute atomic E-state index is 0.0139. The summed E-state index contributed by atoms with van der Waals surface area (Å²) >= 11 is 0. The Labute approximate surface area is 125 Å². The first-order valence-corrected chi connectivity index (χ1v) is 7.74. The molecule has 0 atom stereocenters. The Bertz CT molecular complexity index is 542. The molecule has 1 spiro atoms. The molecule has 2 fully saturated rings. The largest absolute Gasteiger partial charge is 0.326 e. The normalized spacial score (nSPS) is 21.3. The number of imide groups is 1. The monoisotopic (exact) mass is 286 g/mol. The molecule has 2 aliphatic rings. The molecule has 1 aromatic carbocycles. The van der Waals surface area contributed by atoms with E-state index in [0.29, 0.717) is 25.9 Å². The maximum Gasteiger partial charge on any atom is 0.230 e. The van der Waals surface area contributed by atoms with Gasteiger partial charge in [0.05, 0.1) is 6.54 Å². The summed E-state index contributed by atoms with van der Waals surface area (Å²) in [5, 5.41) is 0. The number of carbonyl (C=O) groups is 2. The van der Waals surface area contributed by atoms with Crippen molar-refractivity contribution in [2.75, 3.05) is 0 Å². The van der Waals surface area contributed by atoms with Crippen LogP contribution in [0.5, 0.6) is 0 Å². The lowest BCUT2D eigenvalue weighted by molar-refractivity contribution is -0.154. The molecule has 21 heavy (non-hydrogen) atoms. The van der Waals surface area contributed by atoms with Crippen LogP contribution in [0.1, 0.15) is 49.7 Å². The van der Waals surface area contributed by atoms with Crippen LogP contribution >= 0.6 is 0 Å². The van der Waals surface area contributed by atoms with Crippen molar-refractivity contribution in [1.82, 2.24) is 4.90 Å². The number of rotatable bonds is 3. The standard InChI is InChI=1S/C17H22N2O2/c18-11-13-5-1-2-6-14(13)12-19-15(20)9-17(10-16(19)21)7-3-4-8-17/h1-2,5-6H,3-4,7-12,18H2. The Hall–Kier alpha value is -1.68. The van der Waals surface area contributed by atoms with Crippen LogP contribution in [0, 0.1) is 5.41 Å². The molecular formula is C17H22N2O2. The molecule has 1 aromatic rings. The fourth-order valence-corrected chi connectivity index (χ4v) is 3.77. The van der Waals surface area contributed by atoms with E-state index < -0.39 is 0 Å². The summed E-state index contributed by atoms with van der Waals surface area (Å²) in [6.45, 7) is 0.789. The number of amides is 2. The first kappa shape index (κ1) is 14.3. The van der Waals surface area contributed by atoms with Crippen molar-refractivity contribution in [2.24, 2.45) is 11.1 Å². The summed E-state index contributed by atoms with van der Waals surface area (Å²) in [4.78, 5) is 26.3. The van der Waals surface area contributed by atoms with Gasteiger partial charge in [-0.25, -0.2) is 0 Å². The second-order valence-electron chi connectivity index (χ2n) is 6.41. The van der Waals surface area contributed by atoms with E-state index in [9.17, 15) is 9.59 Å². The molecule has 0 unspecified atom stereocenters. The number of nitrogens with two attached hydrogens (primary N) is 1. The van der Waals surface area contributed by atoms with Crippen LogP contribution in [-0.4, -0.2) is 16.7 Å². The lowest BCUT2D eigenvalue weighted by Crippen LogP contribution is -2.46. The predicted octanol–water partition coefficient (Wildman–Crippen LogP) is 2.35. The SMILES string of the molecule is NCc1ccccc1CN1C(=O)CC2(CCCC2)CC1=O. The highest BCUT2D eigenvalue weighted by atomic mass is 16.2. The smallest absolute Gasteiger partial charge is 0.230 e. The molecule has 1 saturated carbocycles. The number of hydrogen-bond donors (Lipinski definition) is 1. The van der Waals surface area contributed by atoms with Gasteiger partial charge in [0.15, 0.2) is 0 Å². The molecule has 4 nitrogen and oxygen atoms in total. The number of piperidine rings is 1. The summed E-state index contributed by atoms with van der Waals surface area (Å²) in [5.41, 5.74) is 7.68. The number of likely N-dealkylation sites (tertiary alicyclic amines) is 1. The highest BCUT2D eigenvalue weighted by molar-refractivity contribution is 5.98. The van der Waals surface area contributed by atoms with E-state index in [0.717, 1.165) is 36.8 Å². The molecule has 2 N–H and O–H groups in total. The van der Waals surface area contributed by atoms with Gasteiger partial charge in [-0.1, -0.05) is 37.1 Å². The molecule has 1 heterocycles. The number of benzene rings is 1. The van der Waals surface area contributed by atoms with Gasteiger partial charge in [0.2, 0.25) is 11.8 Å². The summed E-state index contributed by atoms with van der Waals surface area (Å²) in [5.74, 6) is -0.0278. The van der Waals surface area contributed by atoms with E-state index in [1.54, 1.807) is 0 Å². The highest BCUT2D eigenvalue weighted by Crippen LogP contribution is 2.47. The highest BCUT2D eigenvalue weighted by Gasteiger charge is 2.44. The minimum atomic E-state index is -0.0297. The zero-order valence-corrected chi connectivity index (χ0v) is 12.3. The number of nitrogens with zero attached hydrogens (tertiary/aromatic N) is 1. The van der Waals surface area contributed by atoms with E-state index in [-0.39, 0.29) is 17.2 Å². The Morgan fingerprint density at radius 3 is 2.14 bits per heavy atom. The quantitative estimate of drug-likeness (QED) is 0.868. The lowest BCUT2D eigenvalue weighted by Gasteiger charge is -2.37. The van der Waals surface area contributed by atoms with E-state index in [1.807, 2.05) is 24.3 Å². The maximum atomic E-state index is 12.4. The van der Waals surface area contributed by atoms with Gasteiger partial charge in [-0.3, -0.25) is 14.5 Å². The van der Waals surface area contributed by atoms with Gasteiger partial charge < -0.3 is 5.73 Å². The fourth-order valence-electron chi connectivity index (χ4n) is 3.77. The van der Waals surface area contributed by atoms with Gasteiger partial charge in [-0.2, -0.15) is 0 Å². The van der Waals surface area contributed by atoms with E-state index in [4.69, 9.17) is 5.73 Å². The van der Waals surface area contributed by atoms with Gasteiger partial charge >= 0.3 is 0 Å². The van der Waals surface area contributed by atoms with Gasteiger partial charge in [0, 0.05) is 19.4 Å². The first-order valence-electron chi connectivity index (χ1n) is 7.74. The number of hydrogen-bond acceptors (Lipinski definition) is 3. The van der Waals surface area contributed by atoms with E-state index in [2.05, 4.69) is 0 Å². The third-order valence-electron chi connectivity index (χ3n) is 4.99. The Balaban J connectivity index is 1.77. The van der Waals surface area contributed by atoms with Crippen molar-refractivity contribution in [1.29, 1.82) is 0 Å². The van der Waals surface area contributed by atoms with Crippen LogP contribution in [0.3, 0.4) is 0 Å². The van der Waals surface area contributed by atoms with Crippen LogP contribution in [0.15, 0.2) is 24.3 Å². The van der Waals surface area contributed by atoms with Crippen LogP contribution < -0.4 is 5.73 Å². The molecular weight excluding hydrogens is 264 g/mol. The summed E-state index contributed by atoms with van der Waals surface area (Å²) in [6, 6.07) is 7.75. The predicted molar refractivity (Wildman–Crippen MR) is 80.0 cm³/mol. The van der Waals surface area contributed by atoms with Gasteiger partial charge in [-0.15, -0.1) is 0 Å². The molecule has 1 aliphatic heterocycles. The Morgan fingerprint density at radius 2 is 1.57 bits per heavy atom. The Kier molecular flexibility index (Phi) is 3.81. The van der Waals surface area contributed by atoms with E-state index >= 15 is 0 Å². The third kappa shape index (κ3) is 2.72. The molecule has 3 rings (SSSR count). The van der Waals surface area contributed by atoms with Crippen molar-refractivity contribution < 1.29 is 9.59 Å². The van der Waals surface area contributed by atoms with Crippen LogP contribution in [-0.2, 0) is 22.7 Å². The molecule has 0 radical (unpaired) electrons. The van der Waals surface area contributed by atoms with Crippen molar-refractivity contribution in [3.8, 4) is 0 Å². The summed E-state index contributed by atoms with van der Waals surface area (Å²) in [7, 11) is 0. The second kappa shape index (κ2) is 5.60. The average Bonchev–Trinajstić information content (AvgIpc) is 2.91. The summed E-state index contributed by atoms with van der Waals surface area (Å²) < 4.78 is 0. The second-order valence-corrected chi connectivity index (χ2v) is 6.41. The topological polar surface area (TPSA) is 63.4 Å². The summed E-state index contributed by atoms with van der Waals surface area (Å²) in [6.07, 6.45) is 5.41. The van der Waals surface area contributed by atoms with Crippen LogP contribution in [0.2, 0.25) is 0 Å². The molecule has 4 heteroatoms. The average molecular weight is 286 g/mol. The van der Waals surface area contributed by atoms with E-state index in [1.165, 1.54) is 4.90 Å². The molecule has 1 aliphatic carbocycles. The first-order chi connectivity index (χ1) is 10.1. The molecule has 1 saturated heterocycles. The van der Waals surface area contributed by atoms with Crippen molar-refractivity contribution in [3.05, 3.63) is 35.4 Å². The van der Waals surface area contributed by atoms with Crippen LogP contribution in [0.25, 0.3) is 0 Å². The van der Waals surface area contributed by atoms with Crippen molar-refractivity contribution in [3.63, 3.8) is 0 Å². The molecule has 0 aromatic heterocycles. The zero-order valence-electron chi connectivity index (χ0n) is 12.3. The third-order valence-corrected chi connectivity index (χ3v) is 4.99. The lowest BCUT2D eigenvalue weighted by atomic mass is 9.76. The van der Waals surface area contributed by atoms with Crippen LogP contribution in [0.4, 0.5) is 0 Å².